The molecule has 1 aliphatic rings. The molecule has 7 heteroatoms. The minimum atomic E-state index is -5.89. The first-order valence-electron chi connectivity index (χ1n) is 5.24. The van der Waals surface area contributed by atoms with Gasteiger partial charge in [-0.25, -0.2) is 4.39 Å². The van der Waals surface area contributed by atoms with E-state index in [0.717, 1.165) is 0 Å². The molecule has 3 atom stereocenters. The Labute approximate surface area is 94.2 Å². The highest BCUT2D eigenvalue weighted by molar-refractivity contribution is 5.53. The van der Waals surface area contributed by atoms with Crippen molar-refractivity contribution < 1.29 is 31.1 Å². The third-order valence-corrected chi connectivity index (χ3v) is 3.09. The van der Waals surface area contributed by atoms with Crippen molar-refractivity contribution >= 4 is 6.29 Å². The van der Waals surface area contributed by atoms with Crippen molar-refractivity contribution in [1.82, 2.24) is 0 Å². The van der Waals surface area contributed by atoms with Crippen LogP contribution in [0, 0.1) is 11.8 Å². The molecule has 0 spiro atoms. The molecule has 0 bridgehead atoms. The average Bonchev–Trinajstić information content (AvgIpc) is 2.26. The molecule has 0 aromatic rings. The Morgan fingerprint density at radius 1 is 1.12 bits per heavy atom. The van der Waals surface area contributed by atoms with Crippen molar-refractivity contribution in [1.29, 1.82) is 0 Å². The first kappa shape index (κ1) is 14.3. The van der Waals surface area contributed by atoms with E-state index in [4.69, 9.17) is 0 Å². The molecule has 1 saturated carbocycles. The second-order valence-electron chi connectivity index (χ2n) is 4.35. The predicted octanol–water partition coefficient (Wildman–Crippen LogP) is 3.53. The maximum atomic E-state index is 13.3. The lowest BCUT2D eigenvalue weighted by atomic mass is 9.78. The molecule has 0 aliphatic heterocycles. The van der Waals surface area contributed by atoms with E-state index in [0.29, 0.717) is 19.1 Å². The van der Waals surface area contributed by atoms with Gasteiger partial charge in [-0.05, 0) is 25.2 Å². The number of carbonyl (C=O) groups excluding carboxylic acids is 1. The van der Waals surface area contributed by atoms with Gasteiger partial charge in [0.25, 0.3) is 0 Å². The van der Waals surface area contributed by atoms with Gasteiger partial charge in [0, 0.05) is 5.92 Å². The molecule has 0 aromatic carbocycles. The minimum absolute atomic E-state index is 0.0445. The van der Waals surface area contributed by atoms with E-state index >= 15 is 0 Å². The van der Waals surface area contributed by atoms with Gasteiger partial charge in [-0.2, -0.15) is 22.0 Å². The van der Waals surface area contributed by atoms with Crippen molar-refractivity contribution in [3.63, 3.8) is 0 Å². The zero-order chi connectivity index (χ0) is 13.3. The van der Waals surface area contributed by atoms with Gasteiger partial charge in [-0.15, -0.1) is 0 Å². The number of rotatable bonds is 3. The summed E-state index contributed by atoms with van der Waals surface area (Å²) in [6.07, 6.45) is -8.24. The summed E-state index contributed by atoms with van der Waals surface area (Å²) in [5, 5.41) is 0. The van der Waals surface area contributed by atoms with Crippen LogP contribution < -0.4 is 0 Å². The average molecular weight is 262 g/mol. The van der Waals surface area contributed by atoms with Crippen molar-refractivity contribution in [2.45, 2.75) is 44.0 Å². The first-order chi connectivity index (χ1) is 7.70. The predicted molar refractivity (Wildman–Crippen MR) is 47.4 cm³/mol. The van der Waals surface area contributed by atoms with Crippen LogP contribution in [-0.4, -0.2) is 24.6 Å². The fourth-order valence-corrected chi connectivity index (χ4v) is 2.11. The fraction of sp³-hybridized carbons (Fsp3) is 0.900. The number of halogens is 6. The van der Waals surface area contributed by atoms with Crippen LogP contribution in [-0.2, 0) is 4.79 Å². The van der Waals surface area contributed by atoms with Gasteiger partial charge < -0.3 is 4.79 Å². The number of carbonyl (C=O) groups is 1. The molecule has 1 nitrogen and oxygen atoms in total. The lowest BCUT2D eigenvalue weighted by molar-refractivity contribution is -0.310. The van der Waals surface area contributed by atoms with Gasteiger partial charge in [0.1, 0.15) is 6.29 Å². The SMILES string of the molecule is O=CC1CCCC(C(F)C(F)(F)C(F)(F)F)C1. The van der Waals surface area contributed by atoms with Gasteiger partial charge >= 0.3 is 12.1 Å². The van der Waals surface area contributed by atoms with Crippen molar-refractivity contribution in [2.24, 2.45) is 11.8 Å². The lowest BCUT2D eigenvalue weighted by Crippen LogP contribution is -2.49. The Kier molecular flexibility index (Phi) is 4.09. The van der Waals surface area contributed by atoms with Gasteiger partial charge in [-0.3, -0.25) is 0 Å². The molecule has 0 radical (unpaired) electrons. The zero-order valence-corrected chi connectivity index (χ0v) is 8.81. The minimum Gasteiger partial charge on any atom is -0.303 e. The summed E-state index contributed by atoms with van der Waals surface area (Å²) in [5.74, 6) is -7.37. The van der Waals surface area contributed by atoms with E-state index in [2.05, 4.69) is 0 Å². The molecule has 100 valence electrons. The van der Waals surface area contributed by atoms with Crippen molar-refractivity contribution in [2.75, 3.05) is 0 Å². The van der Waals surface area contributed by atoms with Gasteiger partial charge in [0.15, 0.2) is 6.17 Å². The number of aldehydes is 1. The molecule has 0 saturated heterocycles. The van der Waals surface area contributed by atoms with Crippen LogP contribution in [0.25, 0.3) is 0 Å². The summed E-state index contributed by atoms with van der Waals surface area (Å²) in [7, 11) is 0. The third kappa shape index (κ3) is 2.93. The van der Waals surface area contributed by atoms with Crippen molar-refractivity contribution in [3.8, 4) is 0 Å². The Morgan fingerprint density at radius 2 is 1.71 bits per heavy atom. The van der Waals surface area contributed by atoms with Crippen LogP contribution in [0.15, 0.2) is 0 Å². The summed E-state index contributed by atoms with van der Waals surface area (Å²) in [4.78, 5) is 10.4. The molecule has 0 heterocycles. The fourth-order valence-electron chi connectivity index (χ4n) is 2.11. The second-order valence-corrected chi connectivity index (χ2v) is 4.35. The van der Waals surface area contributed by atoms with Crippen LogP contribution in [0.4, 0.5) is 26.3 Å². The van der Waals surface area contributed by atoms with E-state index in [-0.39, 0.29) is 12.8 Å². The van der Waals surface area contributed by atoms with E-state index < -0.39 is 30.1 Å². The molecule has 1 fully saturated rings. The highest BCUT2D eigenvalue weighted by atomic mass is 19.4. The molecular weight excluding hydrogens is 250 g/mol. The monoisotopic (exact) mass is 262 g/mol. The van der Waals surface area contributed by atoms with E-state index in [9.17, 15) is 31.1 Å². The Morgan fingerprint density at radius 3 is 2.18 bits per heavy atom. The lowest BCUT2D eigenvalue weighted by Gasteiger charge is -2.33. The van der Waals surface area contributed by atoms with Gasteiger partial charge in [0.05, 0.1) is 0 Å². The molecule has 0 amide bonds. The summed E-state index contributed by atoms with van der Waals surface area (Å²) in [6, 6.07) is 0. The van der Waals surface area contributed by atoms with Gasteiger partial charge in [-0.1, -0.05) is 6.42 Å². The molecule has 3 unspecified atom stereocenters. The largest absolute Gasteiger partial charge is 0.456 e. The quantitative estimate of drug-likeness (QED) is 0.561. The summed E-state index contributed by atoms with van der Waals surface area (Å²) >= 11 is 0. The summed E-state index contributed by atoms with van der Waals surface area (Å²) in [6.45, 7) is 0. The van der Waals surface area contributed by atoms with Crippen LogP contribution in [0.1, 0.15) is 25.7 Å². The Bertz CT molecular complexity index is 274. The molecule has 17 heavy (non-hydrogen) atoms. The van der Waals surface area contributed by atoms with Crippen LogP contribution in [0.2, 0.25) is 0 Å². The molecule has 1 aliphatic carbocycles. The number of hydrogen-bond donors (Lipinski definition) is 0. The number of hydrogen-bond acceptors (Lipinski definition) is 1. The maximum Gasteiger partial charge on any atom is 0.456 e. The molecule has 0 aromatic heterocycles. The summed E-state index contributed by atoms with van der Waals surface area (Å²) < 4.78 is 74.7. The number of alkyl halides is 6. The van der Waals surface area contributed by atoms with E-state index in [1.165, 1.54) is 0 Å². The Hall–Kier alpha value is -0.750. The first-order valence-corrected chi connectivity index (χ1v) is 5.24. The van der Waals surface area contributed by atoms with Crippen LogP contribution in [0.5, 0.6) is 0 Å². The van der Waals surface area contributed by atoms with Crippen LogP contribution in [0.3, 0.4) is 0 Å². The third-order valence-electron chi connectivity index (χ3n) is 3.09. The second kappa shape index (κ2) is 4.86. The van der Waals surface area contributed by atoms with Gasteiger partial charge in [0.2, 0.25) is 0 Å². The maximum absolute atomic E-state index is 13.3. The summed E-state index contributed by atoms with van der Waals surface area (Å²) in [5.41, 5.74) is 0. The van der Waals surface area contributed by atoms with Crippen molar-refractivity contribution in [3.05, 3.63) is 0 Å². The smallest absolute Gasteiger partial charge is 0.303 e. The topological polar surface area (TPSA) is 17.1 Å². The highest BCUT2D eigenvalue weighted by Gasteiger charge is 2.64. The normalized spacial score (nSPS) is 28.8. The van der Waals surface area contributed by atoms with E-state index in [1.54, 1.807) is 0 Å². The van der Waals surface area contributed by atoms with Crippen LogP contribution >= 0.6 is 0 Å². The standard InChI is InChI=1S/C10H12F6O/c11-8(9(12,13)10(14,15)16)7-3-1-2-6(4-7)5-17/h5-8H,1-4H2. The Balaban J connectivity index is 2.75. The molecular formula is C10H12F6O. The molecule has 1 rings (SSSR count). The highest BCUT2D eigenvalue weighted by Crippen LogP contribution is 2.45. The molecule has 0 N–H and O–H groups in total. The van der Waals surface area contributed by atoms with E-state index in [1.807, 2.05) is 0 Å². The zero-order valence-electron chi connectivity index (χ0n) is 8.81.